The van der Waals surface area contributed by atoms with E-state index in [1.807, 2.05) is 11.8 Å². The fraction of sp³-hybridized carbons (Fsp3) is 0.750. The van der Waals surface area contributed by atoms with E-state index in [0.29, 0.717) is 16.7 Å². The molecule has 0 aromatic rings. The number of hydrogen-bond donors (Lipinski definition) is 3. The number of carbonyl (C=O) groups is 5. The molecule has 4 amide bonds. The zero-order valence-electron chi connectivity index (χ0n) is 17.6. The number of unbranched alkanes of at least 4 members (excludes halogenated alkanes) is 1. The summed E-state index contributed by atoms with van der Waals surface area (Å²) in [7, 11) is 0. The zero-order chi connectivity index (χ0) is 22.5. The first-order chi connectivity index (χ1) is 14.8. The standard InChI is InChI=1S/C20H30N4O6S/c1-11(12(21)6-9-18(28)30-24-16(26)7-8-17(24)27)14(25)4-2-3-5-15-19-13(10-31-15)22-20(29)23-19/h11-13,15,19H,2-10,21H2,1H3,(H2,22,23,29)/t11?,12?,13-,15-,19-/m0/s1. The monoisotopic (exact) mass is 454 g/mol. The van der Waals surface area contributed by atoms with Crippen molar-refractivity contribution in [1.29, 1.82) is 0 Å². The van der Waals surface area contributed by atoms with Crippen molar-refractivity contribution >= 4 is 41.4 Å². The lowest BCUT2D eigenvalue weighted by atomic mass is 9.91. The number of thioether (sulfide) groups is 1. The Labute approximate surface area is 185 Å². The highest BCUT2D eigenvalue weighted by atomic mass is 32.2. The second-order valence-corrected chi connectivity index (χ2v) is 9.64. The Morgan fingerprint density at radius 2 is 1.87 bits per heavy atom. The van der Waals surface area contributed by atoms with Crippen molar-refractivity contribution in [3.63, 3.8) is 0 Å². The van der Waals surface area contributed by atoms with Crippen LogP contribution in [0.5, 0.6) is 0 Å². The number of nitrogens with zero attached hydrogens (tertiary/aromatic N) is 1. The SMILES string of the molecule is CC(C(=O)CCCC[C@@H]1SC[C@@H]2NC(=O)N[C@@H]21)C(N)CCC(=O)ON1C(=O)CCC1=O. The maximum Gasteiger partial charge on any atom is 0.333 e. The van der Waals surface area contributed by atoms with Gasteiger partial charge in [0.15, 0.2) is 0 Å². The first-order valence-corrected chi connectivity index (χ1v) is 11.8. The van der Waals surface area contributed by atoms with E-state index < -0.39 is 29.7 Å². The van der Waals surface area contributed by atoms with Gasteiger partial charge in [0, 0.05) is 48.6 Å². The van der Waals surface area contributed by atoms with E-state index in [1.54, 1.807) is 6.92 Å². The lowest BCUT2D eigenvalue weighted by Gasteiger charge is -2.19. The molecule has 0 radical (unpaired) electrons. The van der Waals surface area contributed by atoms with Crippen LogP contribution in [0.4, 0.5) is 4.79 Å². The van der Waals surface area contributed by atoms with Crippen LogP contribution in [0.3, 0.4) is 0 Å². The Morgan fingerprint density at radius 3 is 2.58 bits per heavy atom. The van der Waals surface area contributed by atoms with Crippen LogP contribution in [-0.2, 0) is 24.0 Å². The number of hydrogen-bond acceptors (Lipinski definition) is 8. The fourth-order valence-electron chi connectivity index (χ4n) is 4.09. The third-order valence-electron chi connectivity index (χ3n) is 6.13. The largest absolute Gasteiger partial charge is 0.333 e. The molecule has 3 aliphatic rings. The number of nitrogens with one attached hydrogen (secondary N) is 2. The summed E-state index contributed by atoms with van der Waals surface area (Å²) in [6.07, 6.45) is 3.27. The summed E-state index contributed by atoms with van der Waals surface area (Å²) in [6.45, 7) is 1.75. The minimum absolute atomic E-state index is 0.0450. The summed E-state index contributed by atoms with van der Waals surface area (Å²) < 4.78 is 0. The smallest absolute Gasteiger partial charge is 0.332 e. The topological polar surface area (TPSA) is 148 Å². The van der Waals surface area contributed by atoms with Gasteiger partial charge in [0.05, 0.1) is 12.1 Å². The van der Waals surface area contributed by atoms with Crippen molar-refractivity contribution in [2.75, 3.05) is 5.75 Å². The van der Waals surface area contributed by atoms with Gasteiger partial charge in [0.1, 0.15) is 5.78 Å². The number of imide groups is 1. The minimum atomic E-state index is -0.709. The van der Waals surface area contributed by atoms with Crippen LogP contribution in [0.2, 0.25) is 0 Å². The van der Waals surface area contributed by atoms with Crippen molar-refractivity contribution in [2.24, 2.45) is 11.7 Å². The van der Waals surface area contributed by atoms with Crippen molar-refractivity contribution in [1.82, 2.24) is 15.7 Å². The molecule has 0 aromatic heterocycles. The highest BCUT2D eigenvalue weighted by molar-refractivity contribution is 8.00. The summed E-state index contributed by atoms with van der Waals surface area (Å²) in [6, 6.07) is -0.223. The number of hydroxylamine groups is 2. The summed E-state index contributed by atoms with van der Waals surface area (Å²) in [5, 5.41) is 6.77. The van der Waals surface area contributed by atoms with E-state index in [4.69, 9.17) is 10.6 Å². The first kappa shape index (κ1) is 23.5. The van der Waals surface area contributed by atoms with Crippen LogP contribution < -0.4 is 16.4 Å². The Hall–Kier alpha value is -2.14. The average Bonchev–Trinajstić information content (AvgIpc) is 3.38. The van der Waals surface area contributed by atoms with E-state index in [0.717, 1.165) is 25.0 Å². The van der Waals surface area contributed by atoms with Gasteiger partial charge in [-0.1, -0.05) is 13.3 Å². The first-order valence-electron chi connectivity index (χ1n) is 10.8. The number of carbonyl (C=O) groups excluding carboxylic acids is 5. The Balaban J connectivity index is 1.30. The summed E-state index contributed by atoms with van der Waals surface area (Å²) in [4.78, 5) is 63.5. The molecule has 3 aliphatic heterocycles. The molecule has 3 saturated heterocycles. The van der Waals surface area contributed by atoms with Gasteiger partial charge in [-0.3, -0.25) is 14.4 Å². The maximum atomic E-state index is 12.4. The van der Waals surface area contributed by atoms with E-state index in [9.17, 15) is 24.0 Å². The maximum absolute atomic E-state index is 12.4. The predicted octanol–water partition coefficient (Wildman–Crippen LogP) is 0.632. The van der Waals surface area contributed by atoms with Gasteiger partial charge in [0.2, 0.25) is 0 Å². The molecule has 3 heterocycles. The molecule has 3 rings (SSSR count). The van der Waals surface area contributed by atoms with Crippen molar-refractivity contribution < 1.29 is 28.8 Å². The van der Waals surface area contributed by atoms with Crippen LogP contribution >= 0.6 is 11.8 Å². The quantitative estimate of drug-likeness (QED) is 0.234. The molecular formula is C20H30N4O6S. The lowest BCUT2D eigenvalue weighted by Crippen LogP contribution is -2.37. The molecule has 31 heavy (non-hydrogen) atoms. The number of rotatable bonds is 11. The van der Waals surface area contributed by atoms with Gasteiger partial charge >= 0.3 is 12.0 Å². The normalized spacial score (nSPS) is 27.0. The molecule has 0 bridgehead atoms. The molecule has 0 aliphatic carbocycles. The van der Waals surface area contributed by atoms with Gasteiger partial charge in [-0.15, -0.1) is 5.06 Å². The van der Waals surface area contributed by atoms with E-state index in [-0.39, 0.29) is 49.6 Å². The fourth-order valence-corrected chi connectivity index (χ4v) is 5.64. The van der Waals surface area contributed by atoms with E-state index in [1.165, 1.54) is 0 Å². The highest BCUT2D eigenvalue weighted by Crippen LogP contribution is 2.33. The van der Waals surface area contributed by atoms with Gasteiger partial charge in [-0.2, -0.15) is 11.8 Å². The van der Waals surface area contributed by atoms with E-state index in [2.05, 4.69) is 10.6 Å². The second kappa shape index (κ2) is 10.4. The van der Waals surface area contributed by atoms with Crippen LogP contribution in [0.15, 0.2) is 0 Å². The Morgan fingerprint density at radius 1 is 1.16 bits per heavy atom. The van der Waals surface area contributed by atoms with Gasteiger partial charge in [-0.05, 0) is 19.3 Å². The molecule has 4 N–H and O–H groups in total. The minimum Gasteiger partial charge on any atom is -0.332 e. The van der Waals surface area contributed by atoms with Crippen molar-refractivity contribution in [3.05, 3.63) is 0 Å². The summed E-state index contributed by atoms with van der Waals surface area (Å²) in [5.74, 6) is -1.18. The summed E-state index contributed by atoms with van der Waals surface area (Å²) >= 11 is 1.86. The molecule has 3 fully saturated rings. The summed E-state index contributed by atoms with van der Waals surface area (Å²) in [5.41, 5.74) is 6.08. The number of Topliss-reactive ketones (excluding diaryl/α,β-unsaturated/α-hetero) is 1. The van der Waals surface area contributed by atoms with Crippen molar-refractivity contribution in [3.8, 4) is 0 Å². The van der Waals surface area contributed by atoms with Crippen LogP contribution in [-0.4, -0.2) is 63.8 Å². The van der Waals surface area contributed by atoms with Gasteiger partial charge in [-0.25, -0.2) is 9.59 Å². The third-order valence-corrected chi connectivity index (χ3v) is 7.64. The molecule has 0 aromatic carbocycles. The molecule has 11 heteroatoms. The molecule has 0 spiro atoms. The molecule has 2 unspecified atom stereocenters. The molecule has 172 valence electrons. The second-order valence-electron chi connectivity index (χ2n) is 8.37. The number of ketones is 1. The molecule has 5 atom stereocenters. The lowest BCUT2D eigenvalue weighted by molar-refractivity contribution is -0.197. The van der Waals surface area contributed by atoms with Crippen LogP contribution in [0.25, 0.3) is 0 Å². The van der Waals surface area contributed by atoms with Crippen LogP contribution in [0.1, 0.15) is 58.3 Å². The Bertz CT molecular complexity index is 731. The number of urea groups is 1. The highest BCUT2D eigenvalue weighted by Gasteiger charge is 2.42. The predicted molar refractivity (Wildman–Crippen MR) is 113 cm³/mol. The molecular weight excluding hydrogens is 424 g/mol. The Kier molecular flexibility index (Phi) is 7.93. The average molecular weight is 455 g/mol. The number of amides is 4. The zero-order valence-corrected chi connectivity index (χ0v) is 18.4. The van der Waals surface area contributed by atoms with Gasteiger partial charge in [0.25, 0.3) is 11.8 Å². The molecule has 10 nitrogen and oxygen atoms in total. The van der Waals surface area contributed by atoms with E-state index >= 15 is 0 Å². The van der Waals surface area contributed by atoms with Crippen molar-refractivity contribution in [2.45, 2.75) is 81.7 Å². The number of fused-ring (bicyclic) bond motifs is 1. The third kappa shape index (κ3) is 5.97. The molecule has 0 saturated carbocycles. The van der Waals surface area contributed by atoms with Crippen LogP contribution in [0, 0.1) is 5.92 Å². The number of nitrogens with two attached hydrogens (primary N) is 1. The van der Waals surface area contributed by atoms with Gasteiger partial charge < -0.3 is 21.2 Å².